The van der Waals surface area contributed by atoms with Gasteiger partial charge < -0.3 is 15.2 Å². The molecule has 5 nitrogen and oxygen atoms in total. The predicted octanol–water partition coefficient (Wildman–Crippen LogP) is 1.81. The number of nitrogens with one attached hydrogen (secondary N) is 1. The smallest absolute Gasteiger partial charge is 0.329 e. The number of unbranched alkanes of at least 4 members (excludes halogenated alkanes) is 2. The molecule has 5 heteroatoms. The summed E-state index contributed by atoms with van der Waals surface area (Å²) in [6, 6.07) is 0. The van der Waals surface area contributed by atoms with Gasteiger partial charge in [0.2, 0.25) is 5.91 Å². The molecule has 0 saturated heterocycles. The van der Waals surface area contributed by atoms with Crippen molar-refractivity contribution < 1.29 is 19.4 Å². The maximum atomic E-state index is 11.4. The van der Waals surface area contributed by atoms with E-state index in [4.69, 9.17) is 9.84 Å². The normalized spacial score (nSPS) is 11.3. The van der Waals surface area contributed by atoms with Crippen molar-refractivity contribution in [2.45, 2.75) is 46.5 Å². The van der Waals surface area contributed by atoms with Crippen molar-refractivity contribution in [2.75, 3.05) is 19.8 Å². The van der Waals surface area contributed by atoms with E-state index >= 15 is 0 Å². The van der Waals surface area contributed by atoms with Crippen molar-refractivity contribution in [3.63, 3.8) is 0 Å². The van der Waals surface area contributed by atoms with Crippen molar-refractivity contribution in [3.8, 4) is 0 Å². The van der Waals surface area contributed by atoms with E-state index in [0.29, 0.717) is 6.54 Å². The summed E-state index contributed by atoms with van der Waals surface area (Å²) in [4.78, 5) is 21.6. The zero-order chi connectivity index (χ0) is 14.0. The molecule has 0 heterocycles. The van der Waals surface area contributed by atoms with Gasteiger partial charge in [0.25, 0.3) is 0 Å². The Kier molecular flexibility index (Phi) is 8.37. The van der Waals surface area contributed by atoms with Crippen LogP contribution < -0.4 is 5.32 Å². The van der Waals surface area contributed by atoms with E-state index < -0.39 is 12.6 Å². The van der Waals surface area contributed by atoms with Gasteiger partial charge in [0.1, 0.15) is 13.2 Å². The standard InChI is InChI=1S/C13H25NO4/c1-4-5-6-7-13(2,3)10-14-11(15)8-18-9-12(16)17/h4-10H2,1-3H3,(H,14,15)(H,16,17). The number of carbonyl (C=O) groups excluding carboxylic acids is 1. The Morgan fingerprint density at radius 3 is 2.44 bits per heavy atom. The molecule has 0 atom stereocenters. The van der Waals surface area contributed by atoms with E-state index in [9.17, 15) is 9.59 Å². The average molecular weight is 259 g/mol. The summed E-state index contributed by atoms with van der Waals surface area (Å²) in [7, 11) is 0. The molecule has 18 heavy (non-hydrogen) atoms. The maximum Gasteiger partial charge on any atom is 0.329 e. The van der Waals surface area contributed by atoms with E-state index in [-0.39, 0.29) is 17.9 Å². The zero-order valence-corrected chi connectivity index (χ0v) is 11.6. The second-order valence-corrected chi connectivity index (χ2v) is 5.28. The number of hydrogen-bond acceptors (Lipinski definition) is 3. The Bertz CT molecular complexity index is 264. The molecule has 1 amide bonds. The molecule has 0 bridgehead atoms. The van der Waals surface area contributed by atoms with Gasteiger partial charge in [0.05, 0.1) is 0 Å². The highest BCUT2D eigenvalue weighted by Crippen LogP contribution is 2.22. The Hall–Kier alpha value is -1.10. The fourth-order valence-corrected chi connectivity index (χ4v) is 1.56. The number of rotatable bonds is 10. The predicted molar refractivity (Wildman–Crippen MR) is 69.4 cm³/mol. The fraction of sp³-hybridized carbons (Fsp3) is 0.846. The molecule has 0 aliphatic rings. The molecule has 0 saturated carbocycles. The van der Waals surface area contributed by atoms with Gasteiger partial charge in [-0.2, -0.15) is 0 Å². The highest BCUT2D eigenvalue weighted by molar-refractivity contribution is 5.77. The van der Waals surface area contributed by atoms with Crippen LogP contribution in [-0.2, 0) is 14.3 Å². The van der Waals surface area contributed by atoms with Crippen LogP contribution in [0.2, 0.25) is 0 Å². The number of amides is 1. The first-order chi connectivity index (χ1) is 8.37. The molecular weight excluding hydrogens is 234 g/mol. The van der Waals surface area contributed by atoms with Crippen LogP contribution >= 0.6 is 0 Å². The van der Waals surface area contributed by atoms with E-state index in [2.05, 4.69) is 26.1 Å². The van der Waals surface area contributed by atoms with Crippen molar-refractivity contribution in [1.29, 1.82) is 0 Å². The van der Waals surface area contributed by atoms with Gasteiger partial charge in [-0.15, -0.1) is 0 Å². The highest BCUT2D eigenvalue weighted by atomic mass is 16.5. The molecule has 106 valence electrons. The summed E-state index contributed by atoms with van der Waals surface area (Å²) >= 11 is 0. The lowest BCUT2D eigenvalue weighted by Crippen LogP contribution is -2.36. The second kappa shape index (κ2) is 8.91. The van der Waals surface area contributed by atoms with Gasteiger partial charge in [-0.3, -0.25) is 4.79 Å². The molecule has 0 aliphatic carbocycles. The Morgan fingerprint density at radius 1 is 1.22 bits per heavy atom. The monoisotopic (exact) mass is 259 g/mol. The third-order valence-corrected chi connectivity index (χ3v) is 2.68. The molecule has 0 aromatic rings. The molecule has 0 spiro atoms. The van der Waals surface area contributed by atoms with Crippen LogP contribution in [0.4, 0.5) is 0 Å². The van der Waals surface area contributed by atoms with Gasteiger partial charge in [0, 0.05) is 6.54 Å². The van der Waals surface area contributed by atoms with Crippen LogP contribution in [-0.4, -0.2) is 36.7 Å². The lowest BCUT2D eigenvalue weighted by molar-refractivity contribution is -0.143. The molecule has 0 fully saturated rings. The van der Waals surface area contributed by atoms with Gasteiger partial charge in [-0.05, 0) is 11.8 Å². The number of carbonyl (C=O) groups is 2. The summed E-state index contributed by atoms with van der Waals surface area (Å²) in [6.07, 6.45) is 4.62. The van der Waals surface area contributed by atoms with Crippen molar-refractivity contribution >= 4 is 11.9 Å². The largest absolute Gasteiger partial charge is 0.480 e. The van der Waals surface area contributed by atoms with Crippen LogP contribution in [0.5, 0.6) is 0 Å². The summed E-state index contributed by atoms with van der Waals surface area (Å²) in [5, 5.41) is 11.1. The zero-order valence-electron chi connectivity index (χ0n) is 11.6. The van der Waals surface area contributed by atoms with Crippen LogP contribution in [0.15, 0.2) is 0 Å². The third-order valence-electron chi connectivity index (χ3n) is 2.68. The quantitative estimate of drug-likeness (QED) is 0.587. The van der Waals surface area contributed by atoms with Gasteiger partial charge in [-0.1, -0.05) is 40.0 Å². The van der Waals surface area contributed by atoms with E-state index in [1.807, 2.05) is 0 Å². The minimum Gasteiger partial charge on any atom is -0.480 e. The first kappa shape index (κ1) is 16.9. The minimum absolute atomic E-state index is 0.0671. The van der Waals surface area contributed by atoms with Crippen LogP contribution in [0, 0.1) is 5.41 Å². The van der Waals surface area contributed by atoms with Crippen molar-refractivity contribution in [1.82, 2.24) is 5.32 Å². The van der Waals surface area contributed by atoms with Crippen LogP contribution in [0.25, 0.3) is 0 Å². The Labute approximate surface area is 109 Å². The number of carboxylic acid groups (broad SMARTS) is 1. The first-order valence-corrected chi connectivity index (χ1v) is 6.43. The summed E-state index contributed by atoms with van der Waals surface area (Å²) in [5.41, 5.74) is 0.0671. The second-order valence-electron chi connectivity index (χ2n) is 5.28. The summed E-state index contributed by atoms with van der Waals surface area (Å²) in [5.74, 6) is -1.33. The molecule has 2 N–H and O–H groups in total. The number of carboxylic acids is 1. The third kappa shape index (κ3) is 10.1. The number of aliphatic carboxylic acids is 1. The molecule has 0 unspecified atom stereocenters. The van der Waals surface area contributed by atoms with Crippen molar-refractivity contribution in [2.24, 2.45) is 5.41 Å². The summed E-state index contributed by atoms with van der Waals surface area (Å²) in [6.45, 7) is 6.34. The van der Waals surface area contributed by atoms with E-state index in [1.54, 1.807) is 0 Å². The lowest BCUT2D eigenvalue weighted by Gasteiger charge is -2.24. The van der Waals surface area contributed by atoms with Gasteiger partial charge >= 0.3 is 5.97 Å². The molecule has 0 aliphatic heterocycles. The minimum atomic E-state index is -1.07. The highest BCUT2D eigenvalue weighted by Gasteiger charge is 2.18. The Morgan fingerprint density at radius 2 is 1.89 bits per heavy atom. The van der Waals surface area contributed by atoms with Crippen molar-refractivity contribution in [3.05, 3.63) is 0 Å². The van der Waals surface area contributed by atoms with Gasteiger partial charge in [0.15, 0.2) is 0 Å². The maximum absolute atomic E-state index is 11.4. The van der Waals surface area contributed by atoms with Gasteiger partial charge in [-0.25, -0.2) is 4.79 Å². The number of ether oxygens (including phenoxy) is 1. The van der Waals surface area contributed by atoms with E-state index in [1.165, 1.54) is 12.8 Å². The molecule has 0 rings (SSSR count). The average Bonchev–Trinajstić information content (AvgIpc) is 2.26. The molecule has 0 aromatic carbocycles. The molecular formula is C13H25NO4. The molecule has 0 radical (unpaired) electrons. The molecule has 0 aromatic heterocycles. The van der Waals surface area contributed by atoms with E-state index in [0.717, 1.165) is 12.8 Å². The van der Waals surface area contributed by atoms with Crippen LogP contribution in [0.1, 0.15) is 46.5 Å². The SMILES string of the molecule is CCCCCC(C)(C)CNC(=O)COCC(=O)O. The summed E-state index contributed by atoms with van der Waals surface area (Å²) < 4.78 is 4.71. The number of hydrogen-bond donors (Lipinski definition) is 2. The van der Waals surface area contributed by atoms with Crippen LogP contribution in [0.3, 0.4) is 0 Å². The fourth-order valence-electron chi connectivity index (χ4n) is 1.56. The lowest BCUT2D eigenvalue weighted by atomic mass is 9.87. The first-order valence-electron chi connectivity index (χ1n) is 6.43. The topological polar surface area (TPSA) is 75.6 Å². The Balaban J connectivity index is 3.71.